The summed E-state index contributed by atoms with van der Waals surface area (Å²) in [5, 5.41) is 55.6. The molecular weight excluding hydrogens is 276 g/mol. The molecule has 10 nitrogen and oxygen atoms in total. The van der Waals surface area contributed by atoms with E-state index in [-0.39, 0.29) is 15.9 Å². The second kappa shape index (κ2) is 8.79. The molecule has 0 rings (SSSR count). The van der Waals surface area contributed by atoms with Crippen LogP contribution in [0, 0.1) is 0 Å². The van der Waals surface area contributed by atoms with Crippen LogP contribution < -0.4 is 5.32 Å². The van der Waals surface area contributed by atoms with E-state index in [0.717, 1.165) is 0 Å². The van der Waals surface area contributed by atoms with Gasteiger partial charge in [0.1, 0.15) is 6.04 Å². The highest BCUT2D eigenvalue weighted by atomic mass is 16.5. The molecular formula is C10H24N2O8. The third-order valence-electron chi connectivity index (χ3n) is 2.63. The minimum Gasteiger partial charge on any atom is -0.481 e. The van der Waals surface area contributed by atoms with E-state index in [1.54, 1.807) is 0 Å². The van der Waals surface area contributed by atoms with Gasteiger partial charge in [-0.05, 0) is 7.05 Å². The van der Waals surface area contributed by atoms with Crippen molar-refractivity contribution in [3.8, 4) is 0 Å². The van der Waals surface area contributed by atoms with E-state index >= 15 is 0 Å². The van der Waals surface area contributed by atoms with Crippen LogP contribution in [0.15, 0.2) is 0 Å². The van der Waals surface area contributed by atoms with Crippen LogP contribution in [0.4, 0.5) is 0 Å². The van der Waals surface area contributed by atoms with Gasteiger partial charge in [0.05, 0.1) is 12.5 Å². The standard InChI is InChI=1S/C10H20N2O8.2H2/c1-12(6(10(19)20)3-8(15)16)4-11-5(9(17)18)2-7(13)14;;/h5-6,8,10-11,15-16,19-20H,2-4H2,1H3,(H,13,14)(H,17,18);2*1H. The van der Waals surface area contributed by atoms with E-state index in [1.165, 1.54) is 11.9 Å². The van der Waals surface area contributed by atoms with Gasteiger partial charge in [0.15, 0.2) is 12.6 Å². The van der Waals surface area contributed by atoms with Crippen molar-refractivity contribution in [3.05, 3.63) is 0 Å². The fourth-order valence-corrected chi connectivity index (χ4v) is 1.54. The number of likely N-dealkylation sites (N-methyl/N-ethyl adjacent to an activating group) is 1. The van der Waals surface area contributed by atoms with Gasteiger partial charge in [0.25, 0.3) is 0 Å². The average molecular weight is 300 g/mol. The van der Waals surface area contributed by atoms with E-state index in [2.05, 4.69) is 5.32 Å². The van der Waals surface area contributed by atoms with Crippen LogP contribution in [0.2, 0.25) is 0 Å². The summed E-state index contributed by atoms with van der Waals surface area (Å²) in [6.07, 6.45) is -4.64. The van der Waals surface area contributed by atoms with Gasteiger partial charge in [-0.3, -0.25) is 19.8 Å². The molecule has 2 atom stereocenters. The third-order valence-corrected chi connectivity index (χ3v) is 2.63. The van der Waals surface area contributed by atoms with Crippen molar-refractivity contribution in [3.63, 3.8) is 0 Å². The summed E-state index contributed by atoms with van der Waals surface area (Å²) in [5.41, 5.74) is 0. The molecule has 10 heteroatoms. The smallest absolute Gasteiger partial charge is 0.321 e. The van der Waals surface area contributed by atoms with E-state index in [9.17, 15) is 9.59 Å². The molecule has 0 amide bonds. The fraction of sp³-hybridized carbons (Fsp3) is 0.800. The molecule has 0 bridgehead atoms. The van der Waals surface area contributed by atoms with E-state index in [1.807, 2.05) is 0 Å². The highest BCUT2D eigenvalue weighted by Crippen LogP contribution is 2.07. The number of aliphatic hydroxyl groups excluding tert-OH is 2. The van der Waals surface area contributed by atoms with Crippen molar-refractivity contribution in [2.45, 2.75) is 37.5 Å². The minimum absolute atomic E-state index is 0. The molecule has 0 spiro atoms. The Morgan fingerprint density at radius 2 is 1.75 bits per heavy atom. The lowest BCUT2D eigenvalue weighted by atomic mass is 10.1. The van der Waals surface area contributed by atoms with Crippen LogP contribution in [0.1, 0.15) is 15.7 Å². The molecule has 0 aromatic carbocycles. The maximum Gasteiger partial charge on any atom is 0.321 e. The molecule has 0 aliphatic rings. The quantitative estimate of drug-likeness (QED) is 0.210. The molecule has 0 aromatic rings. The summed E-state index contributed by atoms with van der Waals surface area (Å²) >= 11 is 0. The zero-order valence-electron chi connectivity index (χ0n) is 10.9. The molecule has 0 fully saturated rings. The Morgan fingerprint density at radius 1 is 1.20 bits per heavy atom. The predicted octanol–water partition coefficient (Wildman–Crippen LogP) is -2.73. The van der Waals surface area contributed by atoms with Gasteiger partial charge in [0.2, 0.25) is 0 Å². The van der Waals surface area contributed by atoms with Crippen LogP contribution >= 0.6 is 0 Å². The van der Waals surface area contributed by atoms with Crippen LogP contribution in [0.5, 0.6) is 0 Å². The second-order valence-corrected chi connectivity index (χ2v) is 4.31. The van der Waals surface area contributed by atoms with Crippen molar-refractivity contribution >= 4 is 11.9 Å². The van der Waals surface area contributed by atoms with E-state index in [4.69, 9.17) is 30.6 Å². The number of hydrogen-bond donors (Lipinski definition) is 7. The summed E-state index contributed by atoms with van der Waals surface area (Å²) in [6.45, 7) is -0.181. The number of carbonyl (C=O) groups is 2. The monoisotopic (exact) mass is 300 g/mol. The molecule has 0 radical (unpaired) electrons. The Bertz CT molecular complexity index is 332. The second-order valence-electron chi connectivity index (χ2n) is 4.31. The molecule has 0 aliphatic heterocycles. The zero-order valence-corrected chi connectivity index (χ0v) is 10.9. The lowest BCUT2D eigenvalue weighted by Crippen LogP contribution is -2.50. The molecule has 0 aromatic heterocycles. The average Bonchev–Trinajstić information content (AvgIpc) is 2.29. The number of carboxylic acid groups (broad SMARTS) is 2. The molecule has 0 saturated carbocycles. The maximum absolute atomic E-state index is 10.8. The van der Waals surface area contributed by atoms with Gasteiger partial charge in [-0.25, -0.2) is 0 Å². The largest absolute Gasteiger partial charge is 0.481 e. The Kier molecular flexibility index (Phi) is 8.22. The van der Waals surface area contributed by atoms with Gasteiger partial charge in [-0.15, -0.1) is 0 Å². The number of hydrogen-bond acceptors (Lipinski definition) is 8. The normalized spacial score (nSPS) is 14.8. The van der Waals surface area contributed by atoms with Crippen molar-refractivity contribution in [2.75, 3.05) is 13.7 Å². The molecule has 2 unspecified atom stereocenters. The van der Waals surface area contributed by atoms with Gasteiger partial charge in [-0.2, -0.15) is 0 Å². The van der Waals surface area contributed by atoms with Crippen LogP contribution in [0.3, 0.4) is 0 Å². The SMILES string of the molecule is CN(CNC(CC(=O)O)C(=O)O)C(CC(O)O)C(O)O.[HH].[HH]. The summed E-state index contributed by atoms with van der Waals surface area (Å²) in [7, 11) is 1.39. The van der Waals surface area contributed by atoms with Crippen molar-refractivity contribution < 1.29 is 43.1 Å². The Hall–Kier alpha value is -1.30. The number of nitrogens with one attached hydrogen (secondary N) is 1. The summed E-state index contributed by atoms with van der Waals surface area (Å²) in [6, 6.07) is -2.40. The highest BCUT2D eigenvalue weighted by molar-refractivity contribution is 5.80. The first-order valence-corrected chi connectivity index (χ1v) is 5.75. The van der Waals surface area contributed by atoms with Crippen LogP contribution in [0.25, 0.3) is 0 Å². The van der Waals surface area contributed by atoms with Crippen molar-refractivity contribution in [1.29, 1.82) is 0 Å². The molecule has 0 aliphatic carbocycles. The van der Waals surface area contributed by atoms with Gasteiger partial charge in [0, 0.05) is 15.9 Å². The highest BCUT2D eigenvalue weighted by Gasteiger charge is 2.26. The third kappa shape index (κ3) is 7.33. The van der Waals surface area contributed by atoms with Crippen LogP contribution in [-0.4, -0.2) is 85.9 Å². The first-order chi connectivity index (χ1) is 9.15. The Morgan fingerprint density at radius 3 is 2.10 bits per heavy atom. The maximum atomic E-state index is 10.8. The van der Waals surface area contributed by atoms with Crippen molar-refractivity contribution in [2.24, 2.45) is 0 Å². The molecule has 0 saturated heterocycles. The molecule has 122 valence electrons. The van der Waals surface area contributed by atoms with E-state index in [0.29, 0.717) is 0 Å². The Balaban J connectivity index is -0.00000180. The first-order valence-electron chi connectivity index (χ1n) is 5.75. The minimum atomic E-state index is -1.87. The number of aliphatic hydroxyl groups is 4. The zero-order chi connectivity index (χ0) is 15.9. The van der Waals surface area contributed by atoms with Crippen molar-refractivity contribution in [1.82, 2.24) is 10.2 Å². The van der Waals surface area contributed by atoms with E-state index < -0.39 is 43.0 Å². The van der Waals surface area contributed by atoms with Gasteiger partial charge in [-0.1, -0.05) is 0 Å². The topological polar surface area (TPSA) is 171 Å². The lowest BCUT2D eigenvalue weighted by molar-refractivity contribution is -0.147. The number of aliphatic carboxylic acids is 2. The first kappa shape index (κ1) is 18.7. The molecule has 20 heavy (non-hydrogen) atoms. The van der Waals surface area contributed by atoms with Crippen LogP contribution in [-0.2, 0) is 9.59 Å². The molecule has 0 heterocycles. The Labute approximate surface area is 117 Å². The summed E-state index contributed by atoms with van der Waals surface area (Å²) < 4.78 is 0. The number of carboxylic acids is 2. The number of rotatable bonds is 10. The predicted molar refractivity (Wildman–Crippen MR) is 68.5 cm³/mol. The summed E-state index contributed by atoms with van der Waals surface area (Å²) in [4.78, 5) is 22.5. The molecule has 7 N–H and O–H groups in total. The lowest BCUT2D eigenvalue weighted by Gasteiger charge is -2.30. The van der Waals surface area contributed by atoms with Gasteiger partial charge >= 0.3 is 11.9 Å². The summed E-state index contributed by atoms with van der Waals surface area (Å²) in [5.74, 6) is -2.65. The number of nitrogens with zero attached hydrogens (tertiary/aromatic N) is 1. The fourth-order valence-electron chi connectivity index (χ4n) is 1.54. The van der Waals surface area contributed by atoms with Gasteiger partial charge < -0.3 is 30.6 Å².